The van der Waals surface area contributed by atoms with E-state index >= 15 is 0 Å². The lowest BCUT2D eigenvalue weighted by molar-refractivity contribution is 0.790. The lowest BCUT2D eigenvalue weighted by Crippen LogP contribution is -1.99. The van der Waals surface area contributed by atoms with Gasteiger partial charge in [0.1, 0.15) is 5.03 Å². The van der Waals surface area contributed by atoms with Crippen LogP contribution >= 0.6 is 35.0 Å². The van der Waals surface area contributed by atoms with Gasteiger partial charge in [0, 0.05) is 26.9 Å². The van der Waals surface area contributed by atoms with Crippen molar-refractivity contribution < 1.29 is 0 Å². The van der Waals surface area contributed by atoms with Crippen LogP contribution < -0.4 is 0 Å². The lowest BCUT2D eigenvalue weighted by atomic mass is 10.1. The van der Waals surface area contributed by atoms with Gasteiger partial charge in [0.15, 0.2) is 0 Å². The Bertz CT molecular complexity index is 1070. The number of rotatable bonds is 5. The number of nitrogens with zero attached hydrogens (tertiary/aromatic N) is 2. The average Bonchev–Trinajstić information content (AvgIpc) is 2.98. The summed E-state index contributed by atoms with van der Waals surface area (Å²) >= 11 is 14.1. The van der Waals surface area contributed by atoms with E-state index < -0.39 is 0 Å². The molecular weight excluding hydrogens is 407 g/mol. The fourth-order valence-electron chi connectivity index (χ4n) is 3.09. The number of hydrogen-bond donors (Lipinski definition) is 0. The number of hydrogen-bond acceptors (Lipinski definition) is 2. The van der Waals surface area contributed by atoms with Gasteiger partial charge in [0.2, 0.25) is 0 Å². The molecule has 0 aliphatic heterocycles. The van der Waals surface area contributed by atoms with Crippen molar-refractivity contribution in [1.82, 2.24) is 9.78 Å². The van der Waals surface area contributed by atoms with Crippen LogP contribution in [0.4, 0.5) is 0 Å². The Labute approximate surface area is 179 Å². The van der Waals surface area contributed by atoms with Crippen LogP contribution in [0, 0.1) is 6.92 Å². The van der Waals surface area contributed by atoms with E-state index in [1.807, 2.05) is 41.1 Å². The first-order valence-electron chi connectivity index (χ1n) is 8.92. The topological polar surface area (TPSA) is 17.8 Å². The first kappa shape index (κ1) is 19.1. The Hall–Kier alpha value is -2.20. The van der Waals surface area contributed by atoms with Gasteiger partial charge in [-0.2, -0.15) is 5.10 Å². The van der Waals surface area contributed by atoms with Crippen molar-refractivity contribution in [3.8, 4) is 5.69 Å². The number of halogens is 2. The van der Waals surface area contributed by atoms with Crippen LogP contribution in [0.25, 0.3) is 5.69 Å². The maximum absolute atomic E-state index is 6.23. The summed E-state index contributed by atoms with van der Waals surface area (Å²) in [6.07, 6.45) is 0.816. The fraction of sp³-hybridized carbons (Fsp3) is 0.0870. The Kier molecular flexibility index (Phi) is 5.77. The highest BCUT2D eigenvalue weighted by Gasteiger charge is 2.18. The summed E-state index contributed by atoms with van der Waals surface area (Å²) in [5, 5.41) is 7.18. The minimum absolute atomic E-state index is 0.627. The van der Waals surface area contributed by atoms with Gasteiger partial charge in [0.05, 0.1) is 11.4 Å². The van der Waals surface area contributed by atoms with E-state index in [2.05, 4.69) is 43.3 Å². The molecule has 2 nitrogen and oxygen atoms in total. The van der Waals surface area contributed by atoms with E-state index in [0.717, 1.165) is 27.7 Å². The van der Waals surface area contributed by atoms with Crippen LogP contribution in [0.1, 0.15) is 16.8 Å². The van der Waals surface area contributed by atoms with Crippen LogP contribution in [0.15, 0.2) is 88.8 Å². The first-order chi connectivity index (χ1) is 13.6. The van der Waals surface area contributed by atoms with Crippen LogP contribution in [-0.2, 0) is 6.42 Å². The highest BCUT2D eigenvalue weighted by atomic mass is 35.5. The normalized spacial score (nSPS) is 11.0. The number of aryl methyl sites for hydroxylation is 1. The fourth-order valence-corrected chi connectivity index (χ4v) is 4.92. The van der Waals surface area contributed by atoms with Crippen molar-refractivity contribution in [3.63, 3.8) is 0 Å². The molecule has 3 aromatic carbocycles. The zero-order chi connectivity index (χ0) is 19.5. The molecule has 0 bridgehead atoms. The van der Waals surface area contributed by atoms with Gasteiger partial charge in [-0.1, -0.05) is 83.5 Å². The highest BCUT2D eigenvalue weighted by molar-refractivity contribution is 7.99. The predicted octanol–water partition coefficient (Wildman–Crippen LogP) is 7.23. The van der Waals surface area contributed by atoms with Gasteiger partial charge in [0.25, 0.3) is 0 Å². The number of aromatic nitrogens is 2. The molecule has 0 aliphatic carbocycles. The van der Waals surface area contributed by atoms with E-state index in [1.54, 1.807) is 17.8 Å². The van der Waals surface area contributed by atoms with Crippen molar-refractivity contribution >= 4 is 35.0 Å². The van der Waals surface area contributed by atoms with Crippen molar-refractivity contribution in [3.05, 3.63) is 106 Å². The summed E-state index contributed by atoms with van der Waals surface area (Å²) in [7, 11) is 0. The van der Waals surface area contributed by atoms with E-state index in [9.17, 15) is 0 Å². The van der Waals surface area contributed by atoms with Gasteiger partial charge in [-0.15, -0.1) is 0 Å². The molecule has 0 fully saturated rings. The second kappa shape index (κ2) is 8.44. The summed E-state index contributed by atoms with van der Waals surface area (Å²) in [6.45, 7) is 2.06. The van der Waals surface area contributed by atoms with Crippen molar-refractivity contribution in [1.29, 1.82) is 0 Å². The summed E-state index contributed by atoms with van der Waals surface area (Å²) in [6, 6.07) is 26.2. The van der Waals surface area contributed by atoms with E-state index in [1.165, 1.54) is 11.1 Å². The molecule has 1 heterocycles. The third kappa shape index (κ3) is 4.27. The third-order valence-electron chi connectivity index (χ3n) is 4.41. The monoisotopic (exact) mass is 424 g/mol. The average molecular weight is 425 g/mol. The molecule has 0 saturated carbocycles. The minimum atomic E-state index is 0.627. The second-order valence-corrected chi connectivity index (χ2v) is 8.42. The molecule has 0 atom stereocenters. The van der Waals surface area contributed by atoms with Crippen molar-refractivity contribution in [2.75, 3.05) is 0 Å². The SMILES string of the molecule is Cc1nn(-c2ccccc2)c(Sc2cc(Cl)cc(Cl)c2)c1Cc1ccccc1. The van der Waals surface area contributed by atoms with Gasteiger partial charge >= 0.3 is 0 Å². The van der Waals surface area contributed by atoms with Crippen LogP contribution in [0.5, 0.6) is 0 Å². The van der Waals surface area contributed by atoms with Crippen molar-refractivity contribution in [2.24, 2.45) is 0 Å². The maximum Gasteiger partial charge on any atom is 0.108 e. The second-order valence-electron chi connectivity index (χ2n) is 6.49. The Morgan fingerprint density at radius 2 is 1.46 bits per heavy atom. The Morgan fingerprint density at radius 3 is 2.11 bits per heavy atom. The minimum Gasteiger partial charge on any atom is -0.226 e. The van der Waals surface area contributed by atoms with Crippen LogP contribution in [0.3, 0.4) is 0 Å². The molecule has 140 valence electrons. The molecule has 0 N–H and O–H groups in total. The van der Waals surface area contributed by atoms with Crippen LogP contribution in [-0.4, -0.2) is 9.78 Å². The maximum atomic E-state index is 6.23. The number of para-hydroxylation sites is 1. The molecule has 0 saturated heterocycles. The molecule has 0 amide bonds. The smallest absolute Gasteiger partial charge is 0.108 e. The van der Waals surface area contributed by atoms with E-state index in [-0.39, 0.29) is 0 Å². The first-order valence-corrected chi connectivity index (χ1v) is 10.5. The van der Waals surface area contributed by atoms with Crippen LogP contribution in [0.2, 0.25) is 10.0 Å². The summed E-state index contributed by atoms with van der Waals surface area (Å²) in [5.74, 6) is 0. The molecule has 0 radical (unpaired) electrons. The Morgan fingerprint density at radius 1 is 0.857 bits per heavy atom. The zero-order valence-corrected chi connectivity index (χ0v) is 17.6. The molecule has 0 aliphatic rings. The summed E-state index contributed by atoms with van der Waals surface area (Å²) in [5.41, 5.74) is 4.50. The molecular formula is C23H18Cl2N2S. The standard InChI is InChI=1S/C23H18Cl2N2S/c1-16-22(12-17-8-4-2-5-9-17)23(27(26-16)20-10-6-3-7-11-20)28-21-14-18(24)13-19(25)15-21/h2-11,13-15H,12H2,1H3. The molecule has 4 rings (SSSR count). The molecule has 28 heavy (non-hydrogen) atoms. The molecule has 0 unspecified atom stereocenters. The van der Waals surface area contributed by atoms with Gasteiger partial charge in [-0.05, 0) is 42.8 Å². The molecule has 5 heteroatoms. The summed E-state index contributed by atoms with van der Waals surface area (Å²) < 4.78 is 2.01. The van der Waals surface area contributed by atoms with Gasteiger partial charge in [-0.25, -0.2) is 4.68 Å². The number of benzene rings is 3. The van der Waals surface area contributed by atoms with Crippen molar-refractivity contribution in [2.45, 2.75) is 23.3 Å². The largest absolute Gasteiger partial charge is 0.226 e. The van der Waals surface area contributed by atoms with E-state index in [0.29, 0.717) is 10.0 Å². The zero-order valence-electron chi connectivity index (χ0n) is 15.3. The van der Waals surface area contributed by atoms with Gasteiger partial charge in [-0.3, -0.25) is 0 Å². The third-order valence-corrected chi connectivity index (χ3v) is 5.93. The molecule has 1 aromatic heterocycles. The molecule has 0 spiro atoms. The summed E-state index contributed by atoms with van der Waals surface area (Å²) in [4.78, 5) is 0.990. The van der Waals surface area contributed by atoms with E-state index in [4.69, 9.17) is 28.3 Å². The predicted molar refractivity (Wildman–Crippen MR) is 118 cm³/mol. The quantitative estimate of drug-likeness (QED) is 0.336. The molecule has 4 aromatic rings. The highest BCUT2D eigenvalue weighted by Crippen LogP contribution is 2.37. The Balaban J connectivity index is 1.82. The lowest BCUT2D eigenvalue weighted by Gasteiger charge is -2.10. The van der Waals surface area contributed by atoms with Gasteiger partial charge < -0.3 is 0 Å².